The first-order valence-corrected chi connectivity index (χ1v) is 5.74. The summed E-state index contributed by atoms with van der Waals surface area (Å²) in [4.78, 5) is 15.3. The van der Waals surface area contributed by atoms with Crippen LogP contribution in [0.1, 0.15) is 12.8 Å². The van der Waals surface area contributed by atoms with Crippen LogP contribution < -0.4 is 10.6 Å². The molecule has 0 atom stereocenters. The van der Waals surface area contributed by atoms with Crippen LogP contribution in [-0.2, 0) is 4.79 Å². The lowest BCUT2D eigenvalue weighted by atomic mass is 10.4. The summed E-state index contributed by atoms with van der Waals surface area (Å²) in [5.74, 6) is 0.728. The molecule has 0 unspecified atom stereocenters. The van der Waals surface area contributed by atoms with E-state index in [-0.39, 0.29) is 5.91 Å². The molecule has 0 aromatic carbocycles. The third-order valence-electron chi connectivity index (χ3n) is 2.43. The number of nitrogens with zero attached hydrogens (tertiary/aromatic N) is 1. The van der Waals surface area contributed by atoms with Gasteiger partial charge in [-0.15, -0.1) is 0 Å². The number of rotatable bonds is 5. The van der Waals surface area contributed by atoms with Crippen LogP contribution in [0.3, 0.4) is 0 Å². The van der Waals surface area contributed by atoms with Gasteiger partial charge in [0.05, 0.1) is 6.54 Å². The van der Waals surface area contributed by atoms with E-state index < -0.39 is 0 Å². The predicted octanol–water partition coefficient (Wildman–Crippen LogP) is 1.67. The van der Waals surface area contributed by atoms with Crippen LogP contribution in [-0.4, -0.2) is 24.0 Å². The van der Waals surface area contributed by atoms with Crippen LogP contribution in [0, 0.1) is 5.92 Å². The summed E-state index contributed by atoms with van der Waals surface area (Å²) in [6, 6.07) is 3.34. The Morgan fingerprint density at radius 3 is 3.06 bits per heavy atom. The zero-order valence-electron chi connectivity index (χ0n) is 8.87. The van der Waals surface area contributed by atoms with Gasteiger partial charge in [0.15, 0.2) is 0 Å². The predicted molar refractivity (Wildman–Crippen MR) is 63.5 cm³/mol. The highest BCUT2D eigenvalue weighted by atomic mass is 35.5. The minimum atomic E-state index is -0.0529. The van der Waals surface area contributed by atoms with Crippen LogP contribution in [0.2, 0.25) is 5.15 Å². The van der Waals surface area contributed by atoms with E-state index in [1.807, 2.05) is 0 Å². The number of anilines is 1. The molecule has 5 heteroatoms. The van der Waals surface area contributed by atoms with E-state index in [1.165, 1.54) is 12.8 Å². The van der Waals surface area contributed by atoms with Crippen molar-refractivity contribution in [3.05, 3.63) is 23.5 Å². The molecule has 1 saturated carbocycles. The lowest BCUT2D eigenvalue weighted by Gasteiger charge is -2.06. The van der Waals surface area contributed by atoms with Gasteiger partial charge in [0, 0.05) is 11.9 Å². The van der Waals surface area contributed by atoms with Crippen LogP contribution in [0.4, 0.5) is 5.69 Å². The second-order valence-electron chi connectivity index (χ2n) is 3.99. The first-order chi connectivity index (χ1) is 7.74. The molecule has 0 spiro atoms. The SMILES string of the molecule is O=C(CNCC1CC1)Nc1ccnc(Cl)c1. The van der Waals surface area contributed by atoms with Crippen molar-refractivity contribution in [1.82, 2.24) is 10.3 Å². The van der Waals surface area contributed by atoms with E-state index in [1.54, 1.807) is 18.3 Å². The maximum absolute atomic E-state index is 11.5. The standard InChI is InChI=1S/C11H14ClN3O/c12-10-5-9(3-4-14-10)15-11(16)7-13-6-8-1-2-8/h3-5,8,13H,1-2,6-7H2,(H,14,15,16). The summed E-state index contributed by atoms with van der Waals surface area (Å²) in [7, 11) is 0. The van der Waals surface area contributed by atoms with E-state index in [2.05, 4.69) is 15.6 Å². The van der Waals surface area contributed by atoms with Crippen molar-refractivity contribution in [1.29, 1.82) is 0 Å². The van der Waals surface area contributed by atoms with Gasteiger partial charge < -0.3 is 10.6 Å². The summed E-state index contributed by atoms with van der Waals surface area (Å²) in [6.45, 7) is 1.28. The van der Waals surface area contributed by atoms with Gasteiger partial charge in [-0.05, 0) is 37.4 Å². The minimum absolute atomic E-state index is 0.0529. The second-order valence-corrected chi connectivity index (χ2v) is 4.38. The highest BCUT2D eigenvalue weighted by Gasteiger charge is 2.20. The molecule has 0 saturated heterocycles. The Bertz CT molecular complexity index is 379. The van der Waals surface area contributed by atoms with E-state index in [4.69, 9.17) is 11.6 Å². The molecule has 0 radical (unpaired) electrons. The second kappa shape index (κ2) is 5.27. The van der Waals surface area contributed by atoms with E-state index in [0.717, 1.165) is 12.5 Å². The highest BCUT2D eigenvalue weighted by molar-refractivity contribution is 6.29. The van der Waals surface area contributed by atoms with Gasteiger partial charge in [-0.25, -0.2) is 4.98 Å². The quantitative estimate of drug-likeness (QED) is 0.769. The number of hydrogen-bond acceptors (Lipinski definition) is 3. The molecule has 1 aromatic rings. The molecule has 16 heavy (non-hydrogen) atoms. The molecule has 2 N–H and O–H groups in total. The first kappa shape index (κ1) is 11.4. The zero-order chi connectivity index (χ0) is 11.4. The Hall–Kier alpha value is -1.13. The number of carbonyl (C=O) groups excluding carboxylic acids is 1. The fourth-order valence-electron chi connectivity index (χ4n) is 1.40. The van der Waals surface area contributed by atoms with Crippen molar-refractivity contribution in [3.8, 4) is 0 Å². The number of hydrogen-bond donors (Lipinski definition) is 2. The van der Waals surface area contributed by atoms with Gasteiger partial charge >= 0.3 is 0 Å². The average molecular weight is 240 g/mol. The van der Waals surface area contributed by atoms with Crippen molar-refractivity contribution in [2.24, 2.45) is 5.92 Å². The highest BCUT2D eigenvalue weighted by Crippen LogP contribution is 2.27. The summed E-state index contributed by atoms with van der Waals surface area (Å²) >= 11 is 5.70. The molecular weight excluding hydrogens is 226 g/mol. The van der Waals surface area contributed by atoms with Gasteiger partial charge in [0.2, 0.25) is 5.91 Å². The van der Waals surface area contributed by atoms with Crippen molar-refractivity contribution in [2.45, 2.75) is 12.8 Å². The van der Waals surface area contributed by atoms with Gasteiger partial charge in [-0.1, -0.05) is 11.6 Å². The van der Waals surface area contributed by atoms with Crippen LogP contribution in [0.15, 0.2) is 18.3 Å². The fourth-order valence-corrected chi connectivity index (χ4v) is 1.57. The Labute approximate surface area is 99.4 Å². The van der Waals surface area contributed by atoms with E-state index >= 15 is 0 Å². The Morgan fingerprint density at radius 1 is 1.56 bits per heavy atom. The summed E-state index contributed by atoms with van der Waals surface area (Å²) in [5.41, 5.74) is 0.679. The van der Waals surface area contributed by atoms with Crippen molar-refractivity contribution in [3.63, 3.8) is 0 Å². The number of amides is 1. The number of pyridine rings is 1. The van der Waals surface area contributed by atoms with Crippen molar-refractivity contribution >= 4 is 23.2 Å². The fraction of sp³-hybridized carbons (Fsp3) is 0.455. The van der Waals surface area contributed by atoms with E-state index in [0.29, 0.717) is 17.4 Å². The number of aromatic nitrogens is 1. The maximum Gasteiger partial charge on any atom is 0.238 e. The van der Waals surface area contributed by atoms with Gasteiger partial charge in [-0.2, -0.15) is 0 Å². The molecule has 0 bridgehead atoms. The topological polar surface area (TPSA) is 54.0 Å². The lowest BCUT2D eigenvalue weighted by Crippen LogP contribution is -2.29. The molecule has 1 amide bonds. The molecule has 1 aromatic heterocycles. The van der Waals surface area contributed by atoms with Crippen LogP contribution >= 0.6 is 11.6 Å². The third-order valence-corrected chi connectivity index (χ3v) is 2.63. The molecular formula is C11H14ClN3O. The van der Waals surface area contributed by atoms with Crippen LogP contribution in [0.25, 0.3) is 0 Å². The average Bonchev–Trinajstić information content (AvgIpc) is 3.01. The third kappa shape index (κ3) is 3.79. The van der Waals surface area contributed by atoms with Gasteiger partial charge in [0.1, 0.15) is 5.15 Å². The smallest absolute Gasteiger partial charge is 0.238 e. The molecule has 86 valence electrons. The molecule has 1 fully saturated rings. The molecule has 1 heterocycles. The van der Waals surface area contributed by atoms with Crippen molar-refractivity contribution in [2.75, 3.05) is 18.4 Å². The van der Waals surface area contributed by atoms with E-state index in [9.17, 15) is 4.79 Å². The van der Waals surface area contributed by atoms with Crippen molar-refractivity contribution < 1.29 is 4.79 Å². The lowest BCUT2D eigenvalue weighted by molar-refractivity contribution is -0.115. The maximum atomic E-state index is 11.5. The number of carbonyl (C=O) groups is 1. The summed E-state index contributed by atoms with van der Waals surface area (Å²) in [6.07, 6.45) is 4.14. The first-order valence-electron chi connectivity index (χ1n) is 5.36. The number of nitrogens with one attached hydrogen (secondary N) is 2. The molecule has 2 rings (SSSR count). The Balaban J connectivity index is 1.73. The minimum Gasteiger partial charge on any atom is -0.325 e. The summed E-state index contributed by atoms with van der Waals surface area (Å²) in [5, 5.41) is 6.25. The van der Waals surface area contributed by atoms with Gasteiger partial charge in [0.25, 0.3) is 0 Å². The summed E-state index contributed by atoms with van der Waals surface area (Å²) < 4.78 is 0. The monoisotopic (exact) mass is 239 g/mol. The molecule has 4 nitrogen and oxygen atoms in total. The normalized spacial score (nSPS) is 14.8. The largest absolute Gasteiger partial charge is 0.325 e. The molecule has 1 aliphatic carbocycles. The molecule has 1 aliphatic rings. The Kier molecular flexibility index (Phi) is 3.74. The Morgan fingerprint density at radius 2 is 2.38 bits per heavy atom. The van der Waals surface area contributed by atoms with Crippen LogP contribution in [0.5, 0.6) is 0 Å². The van der Waals surface area contributed by atoms with Gasteiger partial charge in [-0.3, -0.25) is 4.79 Å². The zero-order valence-corrected chi connectivity index (χ0v) is 9.63. The molecule has 0 aliphatic heterocycles. The number of halogens is 1.